The van der Waals surface area contributed by atoms with Gasteiger partial charge in [-0.3, -0.25) is 0 Å². The van der Waals surface area contributed by atoms with Crippen molar-refractivity contribution in [1.82, 2.24) is 15.3 Å². The van der Waals surface area contributed by atoms with E-state index in [9.17, 15) is 12.8 Å². The van der Waals surface area contributed by atoms with Crippen molar-refractivity contribution in [2.45, 2.75) is 24.1 Å². The van der Waals surface area contributed by atoms with Gasteiger partial charge in [-0.25, -0.2) is 17.8 Å². The highest BCUT2D eigenvalue weighted by atomic mass is 32.2. The predicted octanol–water partition coefficient (Wildman–Crippen LogP) is 1.80. The summed E-state index contributed by atoms with van der Waals surface area (Å²) in [5.74, 6) is 0.642. The Bertz CT molecular complexity index is 714. The van der Waals surface area contributed by atoms with E-state index < -0.39 is 9.84 Å². The van der Waals surface area contributed by atoms with Gasteiger partial charge in [0.2, 0.25) is 0 Å². The Hall–Kier alpha value is -1.73. The van der Waals surface area contributed by atoms with E-state index in [0.29, 0.717) is 18.8 Å². The molecule has 22 heavy (non-hydrogen) atoms. The number of aromatic amines is 1. The lowest BCUT2D eigenvalue weighted by molar-refractivity contribution is 0.541. The summed E-state index contributed by atoms with van der Waals surface area (Å²) in [5, 5.41) is 2.90. The number of nitrogens with zero attached hydrogens (tertiary/aromatic N) is 1. The SMILES string of the molecule is O=S1(=O)CCC[C@@H]1CN[C@H](c1ccc(F)cc1)c1ncc[nH]1. The Morgan fingerprint density at radius 3 is 2.73 bits per heavy atom. The number of benzene rings is 1. The first-order chi connectivity index (χ1) is 10.6. The normalized spacial score (nSPS) is 21.8. The van der Waals surface area contributed by atoms with Crippen molar-refractivity contribution in [3.05, 3.63) is 53.9 Å². The third-order valence-corrected chi connectivity index (χ3v) is 6.28. The van der Waals surface area contributed by atoms with Crippen LogP contribution in [0.1, 0.15) is 30.3 Å². The number of halogens is 1. The molecule has 0 bridgehead atoms. The average molecular weight is 323 g/mol. The van der Waals surface area contributed by atoms with E-state index in [1.165, 1.54) is 12.1 Å². The standard InChI is InChI=1S/C15H18FN3O2S/c16-12-5-3-11(4-6-12)14(15-17-7-8-18-15)19-10-13-2-1-9-22(13,20)21/h3-8,13-14,19H,1-2,9-10H2,(H,17,18)/t13-,14-/m1/s1. The van der Waals surface area contributed by atoms with Crippen molar-refractivity contribution in [3.8, 4) is 0 Å². The molecular weight excluding hydrogens is 305 g/mol. The van der Waals surface area contributed by atoms with Crippen molar-refractivity contribution < 1.29 is 12.8 Å². The minimum Gasteiger partial charge on any atom is -0.347 e. The summed E-state index contributed by atoms with van der Waals surface area (Å²) in [4.78, 5) is 7.27. The van der Waals surface area contributed by atoms with E-state index in [1.807, 2.05) is 0 Å². The topological polar surface area (TPSA) is 74.8 Å². The Morgan fingerprint density at radius 2 is 2.14 bits per heavy atom. The number of nitrogens with one attached hydrogen (secondary N) is 2. The van der Waals surface area contributed by atoms with E-state index in [-0.39, 0.29) is 22.9 Å². The zero-order valence-corrected chi connectivity index (χ0v) is 12.8. The summed E-state index contributed by atoms with van der Waals surface area (Å²) >= 11 is 0. The highest BCUT2D eigenvalue weighted by Gasteiger charge is 2.32. The summed E-state index contributed by atoms with van der Waals surface area (Å²) in [5.41, 5.74) is 0.840. The second-order valence-electron chi connectivity index (χ2n) is 5.50. The zero-order valence-electron chi connectivity index (χ0n) is 12.0. The molecule has 2 N–H and O–H groups in total. The molecule has 2 heterocycles. The summed E-state index contributed by atoms with van der Waals surface area (Å²) in [6.07, 6.45) is 4.75. The van der Waals surface area contributed by atoms with Crippen LogP contribution in [0.4, 0.5) is 4.39 Å². The van der Waals surface area contributed by atoms with Gasteiger partial charge in [-0.2, -0.15) is 0 Å². The summed E-state index contributed by atoms with van der Waals surface area (Å²) in [7, 11) is -2.99. The Kier molecular flexibility index (Phi) is 4.26. The molecule has 0 radical (unpaired) electrons. The van der Waals surface area contributed by atoms with Crippen LogP contribution in [0.3, 0.4) is 0 Å². The highest BCUT2D eigenvalue weighted by Crippen LogP contribution is 2.23. The molecule has 2 aromatic rings. The lowest BCUT2D eigenvalue weighted by Crippen LogP contribution is -2.34. The molecular formula is C15H18FN3O2S. The largest absolute Gasteiger partial charge is 0.347 e. The molecule has 0 saturated carbocycles. The van der Waals surface area contributed by atoms with E-state index in [1.54, 1.807) is 24.5 Å². The molecule has 1 aliphatic heterocycles. The van der Waals surface area contributed by atoms with Crippen molar-refractivity contribution >= 4 is 9.84 Å². The van der Waals surface area contributed by atoms with Gasteiger partial charge in [0.25, 0.3) is 0 Å². The quantitative estimate of drug-likeness (QED) is 0.880. The number of H-pyrrole nitrogens is 1. The maximum atomic E-state index is 13.1. The van der Waals surface area contributed by atoms with E-state index in [4.69, 9.17) is 0 Å². The maximum Gasteiger partial charge on any atom is 0.154 e. The monoisotopic (exact) mass is 323 g/mol. The smallest absolute Gasteiger partial charge is 0.154 e. The molecule has 1 aliphatic rings. The Balaban J connectivity index is 1.79. The molecule has 3 rings (SSSR count). The third-order valence-electron chi connectivity index (χ3n) is 4.01. The minimum atomic E-state index is -2.99. The molecule has 0 unspecified atom stereocenters. The van der Waals surface area contributed by atoms with Crippen LogP contribution in [0, 0.1) is 5.82 Å². The number of hydrogen-bond acceptors (Lipinski definition) is 4. The van der Waals surface area contributed by atoms with Gasteiger partial charge in [0, 0.05) is 18.9 Å². The third kappa shape index (κ3) is 3.20. The summed E-state index contributed by atoms with van der Waals surface area (Å²) in [6, 6.07) is 5.85. The van der Waals surface area contributed by atoms with Crippen molar-refractivity contribution in [2.75, 3.05) is 12.3 Å². The van der Waals surface area contributed by atoms with Gasteiger partial charge in [0.1, 0.15) is 11.6 Å². The number of rotatable bonds is 5. The Labute approximate surface area is 128 Å². The van der Waals surface area contributed by atoms with Crippen molar-refractivity contribution in [3.63, 3.8) is 0 Å². The molecule has 7 heteroatoms. The van der Waals surface area contributed by atoms with Crippen LogP contribution in [-0.4, -0.2) is 35.9 Å². The van der Waals surface area contributed by atoms with Crippen LogP contribution in [-0.2, 0) is 9.84 Å². The van der Waals surface area contributed by atoms with Gasteiger partial charge in [-0.15, -0.1) is 0 Å². The van der Waals surface area contributed by atoms with E-state index in [2.05, 4.69) is 15.3 Å². The van der Waals surface area contributed by atoms with Crippen LogP contribution < -0.4 is 5.32 Å². The van der Waals surface area contributed by atoms with Gasteiger partial charge < -0.3 is 10.3 Å². The van der Waals surface area contributed by atoms with Crippen LogP contribution in [0.25, 0.3) is 0 Å². The number of sulfone groups is 1. The average Bonchev–Trinajstić information content (AvgIpc) is 3.11. The van der Waals surface area contributed by atoms with Crippen LogP contribution in [0.5, 0.6) is 0 Å². The van der Waals surface area contributed by atoms with Crippen LogP contribution in [0.15, 0.2) is 36.7 Å². The van der Waals surface area contributed by atoms with Gasteiger partial charge in [0.15, 0.2) is 9.84 Å². The molecule has 2 atom stereocenters. The maximum absolute atomic E-state index is 13.1. The fourth-order valence-electron chi connectivity index (χ4n) is 2.80. The summed E-state index contributed by atoms with van der Waals surface area (Å²) in [6.45, 7) is 0.366. The molecule has 0 amide bonds. The number of imidazole rings is 1. The van der Waals surface area contributed by atoms with Crippen LogP contribution >= 0.6 is 0 Å². The van der Waals surface area contributed by atoms with Gasteiger partial charge >= 0.3 is 0 Å². The Morgan fingerprint density at radius 1 is 1.36 bits per heavy atom. The molecule has 118 valence electrons. The fraction of sp³-hybridized carbons (Fsp3) is 0.400. The van der Waals surface area contributed by atoms with E-state index >= 15 is 0 Å². The fourth-order valence-corrected chi connectivity index (χ4v) is 4.58. The lowest BCUT2D eigenvalue weighted by atomic mass is 10.1. The van der Waals surface area contributed by atoms with E-state index in [0.717, 1.165) is 12.0 Å². The zero-order chi connectivity index (χ0) is 15.6. The predicted molar refractivity (Wildman–Crippen MR) is 81.6 cm³/mol. The molecule has 1 aromatic heterocycles. The molecule has 1 fully saturated rings. The first-order valence-corrected chi connectivity index (χ1v) is 8.97. The van der Waals surface area contributed by atoms with Gasteiger partial charge in [0.05, 0.1) is 17.0 Å². The molecule has 5 nitrogen and oxygen atoms in total. The highest BCUT2D eigenvalue weighted by molar-refractivity contribution is 7.92. The molecule has 0 aliphatic carbocycles. The van der Waals surface area contributed by atoms with Crippen molar-refractivity contribution in [2.24, 2.45) is 0 Å². The second kappa shape index (κ2) is 6.18. The summed E-state index contributed by atoms with van der Waals surface area (Å²) < 4.78 is 37.0. The lowest BCUT2D eigenvalue weighted by Gasteiger charge is -2.19. The second-order valence-corrected chi connectivity index (χ2v) is 7.90. The van der Waals surface area contributed by atoms with Gasteiger partial charge in [-0.1, -0.05) is 12.1 Å². The van der Waals surface area contributed by atoms with Crippen molar-refractivity contribution in [1.29, 1.82) is 0 Å². The number of hydrogen-bond donors (Lipinski definition) is 2. The first kappa shape index (κ1) is 15.2. The van der Waals surface area contributed by atoms with Gasteiger partial charge in [-0.05, 0) is 30.5 Å². The molecule has 0 spiro atoms. The first-order valence-electron chi connectivity index (χ1n) is 7.26. The minimum absolute atomic E-state index is 0.265. The molecule has 1 aromatic carbocycles. The van der Waals surface area contributed by atoms with Crippen LogP contribution in [0.2, 0.25) is 0 Å². The number of aromatic nitrogens is 2. The molecule has 1 saturated heterocycles.